The predicted octanol–water partition coefficient (Wildman–Crippen LogP) is 2.84. The van der Waals surface area contributed by atoms with Gasteiger partial charge in [-0.25, -0.2) is 0 Å². The third-order valence-electron chi connectivity index (χ3n) is 5.76. The SMILES string of the molecule is COc1ccc(-c2noc(CCC(=O)N(C)C3CC4CCC(C3)N4)n2)cc1.Cl. The van der Waals surface area contributed by atoms with Crippen molar-refractivity contribution in [2.75, 3.05) is 14.2 Å². The number of rotatable bonds is 6. The Morgan fingerprint density at radius 2 is 1.93 bits per heavy atom. The smallest absolute Gasteiger partial charge is 0.227 e. The van der Waals surface area contributed by atoms with Crippen LogP contribution in [-0.4, -0.2) is 53.2 Å². The highest BCUT2D eigenvalue weighted by Crippen LogP contribution is 2.29. The minimum absolute atomic E-state index is 0. The second-order valence-corrected chi connectivity index (χ2v) is 7.51. The number of halogens is 1. The molecule has 0 spiro atoms. The summed E-state index contributed by atoms with van der Waals surface area (Å²) in [6.45, 7) is 0. The van der Waals surface area contributed by atoms with Gasteiger partial charge in [-0.3, -0.25) is 4.79 Å². The molecule has 1 N–H and O–H groups in total. The number of hydrogen-bond acceptors (Lipinski definition) is 6. The highest BCUT2D eigenvalue weighted by atomic mass is 35.5. The molecule has 2 aliphatic rings. The molecular formula is C20H27ClN4O3. The molecule has 2 atom stereocenters. The van der Waals surface area contributed by atoms with E-state index < -0.39 is 0 Å². The molecule has 2 fully saturated rings. The average molecular weight is 407 g/mol. The van der Waals surface area contributed by atoms with Gasteiger partial charge in [-0.15, -0.1) is 12.4 Å². The van der Waals surface area contributed by atoms with Gasteiger partial charge in [0.2, 0.25) is 17.6 Å². The molecule has 152 valence electrons. The minimum Gasteiger partial charge on any atom is -0.497 e. The summed E-state index contributed by atoms with van der Waals surface area (Å²) in [5.41, 5.74) is 0.861. The van der Waals surface area contributed by atoms with Crippen LogP contribution in [0.2, 0.25) is 0 Å². The number of aromatic nitrogens is 2. The Morgan fingerprint density at radius 3 is 2.57 bits per heavy atom. The predicted molar refractivity (Wildman–Crippen MR) is 108 cm³/mol. The highest BCUT2D eigenvalue weighted by Gasteiger charge is 2.36. The van der Waals surface area contributed by atoms with Gasteiger partial charge in [-0.1, -0.05) is 5.16 Å². The minimum atomic E-state index is 0. The van der Waals surface area contributed by atoms with E-state index in [-0.39, 0.29) is 18.3 Å². The third-order valence-corrected chi connectivity index (χ3v) is 5.76. The maximum atomic E-state index is 12.6. The summed E-state index contributed by atoms with van der Waals surface area (Å²) >= 11 is 0. The molecule has 3 heterocycles. The average Bonchev–Trinajstić information content (AvgIpc) is 3.31. The zero-order chi connectivity index (χ0) is 18.8. The summed E-state index contributed by atoms with van der Waals surface area (Å²) in [7, 11) is 3.55. The normalized spacial score (nSPS) is 23.1. The Labute approximate surface area is 171 Å². The van der Waals surface area contributed by atoms with E-state index in [0.29, 0.717) is 42.7 Å². The van der Waals surface area contributed by atoms with Crippen molar-refractivity contribution in [2.24, 2.45) is 0 Å². The number of methoxy groups -OCH3 is 1. The standard InChI is InChI=1S/C20H26N4O3.ClH/c1-24(16-11-14-5-6-15(12-16)21-14)19(25)10-9-18-22-20(23-27-18)13-3-7-17(26-2)8-4-13;/h3-4,7-8,14-16,21H,5-6,9-12H2,1-2H3;1H. The molecule has 1 aromatic carbocycles. The summed E-state index contributed by atoms with van der Waals surface area (Å²) < 4.78 is 10.5. The molecule has 2 bridgehead atoms. The fraction of sp³-hybridized carbons (Fsp3) is 0.550. The Hall–Kier alpha value is -2.12. The van der Waals surface area contributed by atoms with Gasteiger partial charge in [0, 0.05) is 43.6 Å². The zero-order valence-corrected chi connectivity index (χ0v) is 17.1. The van der Waals surface area contributed by atoms with Crippen molar-refractivity contribution >= 4 is 18.3 Å². The van der Waals surface area contributed by atoms with Crippen molar-refractivity contribution in [3.05, 3.63) is 30.2 Å². The molecule has 2 saturated heterocycles. The van der Waals surface area contributed by atoms with E-state index in [1.807, 2.05) is 36.2 Å². The number of hydrogen-bond donors (Lipinski definition) is 1. The van der Waals surface area contributed by atoms with Crippen molar-refractivity contribution in [3.8, 4) is 17.1 Å². The van der Waals surface area contributed by atoms with Gasteiger partial charge in [-0.2, -0.15) is 4.98 Å². The van der Waals surface area contributed by atoms with E-state index in [0.717, 1.165) is 24.2 Å². The first-order valence-electron chi connectivity index (χ1n) is 9.61. The number of benzene rings is 1. The van der Waals surface area contributed by atoms with Crippen LogP contribution in [0.25, 0.3) is 11.4 Å². The quantitative estimate of drug-likeness (QED) is 0.794. The van der Waals surface area contributed by atoms with Crippen LogP contribution in [0, 0.1) is 0 Å². The molecule has 4 rings (SSSR count). The summed E-state index contributed by atoms with van der Waals surface area (Å²) in [5, 5.41) is 7.64. The molecule has 0 radical (unpaired) electrons. The molecule has 8 heteroatoms. The summed E-state index contributed by atoms with van der Waals surface area (Å²) in [6, 6.07) is 8.98. The van der Waals surface area contributed by atoms with Crippen molar-refractivity contribution in [2.45, 2.75) is 56.7 Å². The zero-order valence-electron chi connectivity index (χ0n) is 16.3. The van der Waals surface area contributed by atoms with Crippen LogP contribution in [0.1, 0.15) is 38.0 Å². The number of piperidine rings is 1. The molecule has 0 saturated carbocycles. The maximum Gasteiger partial charge on any atom is 0.227 e. The topological polar surface area (TPSA) is 80.5 Å². The third kappa shape index (κ3) is 4.47. The Balaban J connectivity index is 0.00000225. The van der Waals surface area contributed by atoms with Gasteiger partial charge >= 0.3 is 0 Å². The largest absolute Gasteiger partial charge is 0.497 e. The molecule has 7 nitrogen and oxygen atoms in total. The number of carbonyl (C=O) groups is 1. The first kappa shape index (κ1) is 20.6. The molecule has 2 unspecified atom stereocenters. The number of ether oxygens (including phenoxy) is 1. The maximum absolute atomic E-state index is 12.6. The lowest BCUT2D eigenvalue weighted by molar-refractivity contribution is -0.132. The van der Waals surface area contributed by atoms with Crippen LogP contribution in [0.15, 0.2) is 28.8 Å². The first-order chi connectivity index (χ1) is 13.1. The molecule has 2 aromatic rings. The van der Waals surface area contributed by atoms with Gasteiger partial charge in [0.15, 0.2) is 0 Å². The van der Waals surface area contributed by atoms with Gasteiger partial charge in [-0.05, 0) is 49.9 Å². The van der Waals surface area contributed by atoms with Gasteiger partial charge in [0.1, 0.15) is 5.75 Å². The Kier molecular flexibility index (Phi) is 6.57. The molecule has 0 aliphatic carbocycles. The molecule has 1 aromatic heterocycles. The van der Waals surface area contributed by atoms with Crippen LogP contribution in [0.4, 0.5) is 0 Å². The number of aryl methyl sites for hydroxylation is 1. The lowest BCUT2D eigenvalue weighted by Crippen LogP contribution is -2.48. The lowest BCUT2D eigenvalue weighted by atomic mass is 9.98. The van der Waals surface area contributed by atoms with E-state index in [4.69, 9.17) is 9.26 Å². The summed E-state index contributed by atoms with van der Waals surface area (Å²) in [6.07, 6.45) is 5.44. The molecular weight excluding hydrogens is 380 g/mol. The number of carbonyl (C=O) groups excluding carboxylic acids is 1. The number of nitrogens with zero attached hydrogens (tertiary/aromatic N) is 3. The first-order valence-corrected chi connectivity index (χ1v) is 9.61. The van der Waals surface area contributed by atoms with Crippen LogP contribution in [-0.2, 0) is 11.2 Å². The summed E-state index contributed by atoms with van der Waals surface area (Å²) in [5.74, 6) is 1.95. The fourth-order valence-electron chi connectivity index (χ4n) is 4.15. The molecule has 28 heavy (non-hydrogen) atoms. The van der Waals surface area contributed by atoms with E-state index in [1.165, 1.54) is 12.8 Å². The van der Waals surface area contributed by atoms with Gasteiger partial charge < -0.3 is 19.5 Å². The van der Waals surface area contributed by atoms with Crippen molar-refractivity contribution in [1.82, 2.24) is 20.4 Å². The van der Waals surface area contributed by atoms with Crippen molar-refractivity contribution in [1.29, 1.82) is 0 Å². The monoisotopic (exact) mass is 406 g/mol. The van der Waals surface area contributed by atoms with Gasteiger partial charge in [0.25, 0.3) is 0 Å². The second-order valence-electron chi connectivity index (χ2n) is 7.51. The van der Waals surface area contributed by atoms with Crippen LogP contribution >= 0.6 is 12.4 Å². The van der Waals surface area contributed by atoms with E-state index in [1.54, 1.807) is 7.11 Å². The Bertz CT molecular complexity index is 783. The van der Waals surface area contributed by atoms with Crippen molar-refractivity contribution < 1.29 is 14.1 Å². The van der Waals surface area contributed by atoms with Crippen molar-refractivity contribution in [3.63, 3.8) is 0 Å². The molecule has 1 amide bonds. The van der Waals surface area contributed by atoms with Gasteiger partial charge in [0.05, 0.1) is 7.11 Å². The fourth-order valence-corrected chi connectivity index (χ4v) is 4.15. The number of amides is 1. The van der Waals surface area contributed by atoms with Crippen LogP contribution in [0.5, 0.6) is 5.75 Å². The summed E-state index contributed by atoms with van der Waals surface area (Å²) in [4.78, 5) is 18.9. The van der Waals surface area contributed by atoms with Crippen LogP contribution < -0.4 is 10.1 Å². The highest BCUT2D eigenvalue weighted by molar-refractivity contribution is 5.85. The van der Waals surface area contributed by atoms with E-state index in [2.05, 4.69) is 15.5 Å². The molecule has 2 aliphatic heterocycles. The van der Waals surface area contributed by atoms with E-state index >= 15 is 0 Å². The number of fused-ring (bicyclic) bond motifs is 2. The lowest BCUT2D eigenvalue weighted by Gasteiger charge is -2.35. The number of nitrogens with one attached hydrogen (secondary N) is 1. The second kappa shape index (κ2) is 8.92. The van der Waals surface area contributed by atoms with E-state index in [9.17, 15) is 4.79 Å². The Morgan fingerprint density at radius 1 is 1.25 bits per heavy atom. The van der Waals surface area contributed by atoms with Crippen LogP contribution in [0.3, 0.4) is 0 Å².